The molecule has 34 heavy (non-hydrogen) atoms. The third kappa shape index (κ3) is 3.97. The van der Waals surface area contributed by atoms with Crippen molar-refractivity contribution >= 4 is 28.5 Å². The number of hydrogen-bond acceptors (Lipinski definition) is 6. The molecule has 1 aliphatic rings. The summed E-state index contributed by atoms with van der Waals surface area (Å²) in [4.78, 5) is 37.3. The second-order valence-electron chi connectivity index (χ2n) is 7.82. The number of rotatable bonds is 6. The van der Waals surface area contributed by atoms with Gasteiger partial charge in [-0.1, -0.05) is 42.5 Å². The first kappa shape index (κ1) is 21.3. The molecule has 5 rings (SSSR count). The van der Waals surface area contributed by atoms with Gasteiger partial charge in [0.25, 0.3) is 11.8 Å². The minimum absolute atomic E-state index is 0.258. The molecule has 170 valence electrons. The lowest BCUT2D eigenvalue weighted by Gasteiger charge is -2.19. The van der Waals surface area contributed by atoms with Crippen LogP contribution in [-0.4, -0.2) is 24.5 Å². The van der Waals surface area contributed by atoms with Crippen molar-refractivity contribution in [3.8, 4) is 11.5 Å². The standard InChI is InChI=1S/C26H20N2O6/c27-20(29)14-32-17-12-10-15(11-13-17)21-22-23(18-8-4-5-9-19(18)33-26(22)31)34-24(21)25(30)28-16-6-2-1-3-7-16/h1-13,21,24H,14H2,(H2,27,29)(H,28,30)/t21-,24+/m0/s1. The number of para-hydroxylation sites is 2. The van der Waals surface area contributed by atoms with Crippen molar-refractivity contribution in [2.24, 2.45) is 5.73 Å². The highest BCUT2D eigenvalue weighted by atomic mass is 16.5. The molecule has 0 spiro atoms. The second-order valence-corrected chi connectivity index (χ2v) is 7.82. The van der Waals surface area contributed by atoms with Crippen LogP contribution in [0.25, 0.3) is 11.0 Å². The van der Waals surface area contributed by atoms with E-state index in [0.717, 1.165) is 0 Å². The molecule has 2 amide bonds. The maximum Gasteiger partial charge on any atom is 0.344 e. The summed E-state index contributed by atoms with van der Waals surface area (Å²) in [5.74, 6) is -0.948. The number of primary amides is 1. The van der Waals surface area contributed by atoms with Gasteiger partial charge in [0.15, 0.2) is 12.7 Å². The summed E-state index contributed by atoms with van der Waals surface area (Å²) in [5.41, 5.74) is 6.48. The van der Waals surface area contributed by atoms with Gasteiger partial charge >= 0.3 is 5.63 Å². The molecule has 8 nitrogen and oxygen atoms in total. The van der Waals surface area contributed by atoms with Gasteiger partial charge in [0, 0.05) is 5.69 Å². The number of fused-ring (bicyclic) bond motifs is 3. The fourth-order valence-corrected chi connectivity index (χ4v) is 4.08. The Balaban J connectivity index is 1.57. The van der Waals surface area contributed by atoms with Gasteiger partial charge < -0.3 is 24.9 Å². The molecule has 0 bridgehead atoms. The predicted octanol–water partition coefficient (Wildman–Crippen LogP) is 3.19. The molecule has 0 unspecified atom stereocenters. The highest BCUT2D eigenvalue weighted by Gasteiger charge is 2.44. The SMILES string of the molecule is NC(=O)COc1ccc([C@H]2c3c(c4ccccc4oc3=O)O[C@H]2C(=O)Nc2ccccc2)cc1. The van der Waals surface area contributed by atoms with Crippen molar-refractivity contribution in [1.82, 2.24) is 0 Å². The number of anilines is 1. The molecular formula is C26H20N2O6. The molecule has 3 N–H and O–H groups in total. The van der Waals surface area contributed by atoms with E-state index in [1.165, 1.54) is 0 Å². The van der Waals surface area contributed by atoms with Gasteiger partial charge in [-0.2, -0.15) is 0 Å². The average molecular weight is 456 g/mol. The van der Waals surface area contributed by atoms with Crippen LogP contribution in [0.5, 0.6) is 11.5 Å². The van der Waals surface area contributed by atoms with Crippen molar-refractivity contribution in [2.45, 2.75) is 12.0 Å². The number of benzene rings is 3. The zero-order chi connectivity index (χ0) is 23.7. The van der Waals surface area contributed by atoms with Crippen LogP contribution in [-0.2, 0) is 9.59 Å². The van der Waals surface area contributed by atoms with E-state index < -0.39 is 29.5 Å². The van der Waals surface area contributed by atoms with Crippen molar-refractivity contribution < 1.29 is 23.5 Å². The van der Waals surface area contributed by atoms with Gasteiger partial charge in [-0.25, -0.2) is 4.79 Å². The minimum Gasteiger partial charge on any atom is -0.484 e. The molecular weight excluding hydrogens is 436 g/mol. The Labute approximate surface area is 193 Å². The lowest BCUT2D eigenvalue weighted by atomic mass is 9.88. The zero-order valence-electron chi connectivity index (χ0n) is 17.9. The monoisotopic (exact) mass is 456 g/mol. The largest absolute Gasteiger partial charge is 0.484 e. The Hall–Kier alpha value is -4.59. The van der Waals surface area contributed by atoms with Crippen LogP contribution in [0.3, 0.4) is 0 Å². The minimum atomic E-state index is -1.01. The van der Waals surface area contributed by atoms with Gasteiger partial charge in [-0.3, -0.25) is 9.59 Å². The van der Waals surface area contributed by atoms with E-state index in [2.05, 4.69) is 5.32 Å². The third-order valence-electron chi connectivity index (χ3n) is 5.58. The topological polar surface area (TPSA) is 121 Å². The van der Waals surface area contributed by atoms with Gasteiger partial charge in [-0.05, 0) is 42.0 Å². The van der Waals surface area contributed by atoms with Crippen LogP contribution >= 0.6 is 0 Å². The number of nitrogens with two attached hydrogens (primary N) is 1. The molecule has 0 saturated carbocycles. The van der Waals surface area contributed by atoms with Crippen LogP contribution in [0.4, 0.5) is 5.69 Å². The molecule has 8 heteroatoms. The number of hydrogen-bond donors (Lipinski definition) is 2. The molecule has 1 aliphatic heterocycles. The Morgan fingerprint density at radius 2 is 1.65 bits per heavy atom. The van der Waals surface area contributed by atoms with Crippen LogP contribution < -0.4 is 26.1 Å². The molecule has 3 aromatic carbocycles. The van der Waals surface area contributed by atoms with Crippen molar-refractivity contribution in [1.29, 1.82) is 0 Å². The summed E-state index contributed by atoms with van der Waals surface area (Å²) in [6, 6.07) is 22.8. The molecule has 4 aromatic rings. The van der Waals surface area contributed by atoms with E-state index in [0.29, 0.717) is 33.7 Å². The smallest absolute Gasteiger partial charge is 0.344 e. The number of ether oxygens (including phenoxy) is 2. The summed E-state index contributed by atoms with van der Waals surface area (Å²) < 4.78 is 17.0. The number of nitrogens with one attached hydrogen (secondary N) is 1. The molecule has 1 aromatic heterocycles. The van der Waals surface area contributed by atoms with Gasteiger partial charge in [0.05, 0.1) is 16.9 Å². The second kappa shape index (κ2) is 8.74. The third-order valence-corrected chi connectivity index (χ3v) is 5.58. The first-order valence-corrected chi connectivity index (χ1v) is 10.6. The lowest BCUT2D eigenvalue weighted by Crippen LogP contribution is -2.35. The molecule has 0 radical (unpaired) electrons. The number of carbonyl (C=O) groups excluding carboxylic acids is 2. The lowest BCUT2D eigenvalue weighted by molar-refractivity contribution is -0.122. The van der Waals surface area contributed by atoms with Gasteiger partial charge in [0.1, 0.15) is 17.1 Å². The highest BCUT2D eigenvalue weighted by Crippen LogP contribution is 2.44. The molecule has 0 fully saturated rings. The van der Waals surface area contributed by atoms with Crippen LogP contribution in [0, 0.1) is 0 Å². The van der Waals surface area contributed by atoms with E-state index in [9.17, 15) is 14.4 Å². The normalized spacial score (nSPS) is 16.5. The first-order chi connectivity index (χ1) is 16.5. The summed E-state index contributed by atoms with van der Waals surface area (Å²) in [6.07, 6.45) is -1.01. The molecule has 0 aliphatic carbocycles. The van der Waals surface area contributed by atoms with Crippen LogP contribution in [0.1, 0.15) is 17.0 Å². The maximum atomic E-state index is 13.3. The van der Waals surface area contributed by atoms with Crippen LogP contribution in [0.2, 0.25) is 0 Å². The van der Waals surface area contributed by atoms with E-state index in [-0.39, 0.29) is 12.2 Å². The fourth-order valence-electron chi connectivity index (χ4n) is 4.08. The summed E-state index contributed by atoms with van der Waals surface area (Å²) in [5, 5.41) is 3.47. The summed E-state index contributed by atoms with van der Waals surface area (Å²) in [6.45, 7) is -0.258. The van der Waals surface area contributed by atoms with E-state index in [1.54, 1.807) is 54.6 Å². The van der Waals surface area contributed by atoms with E-state index >= 15 is 0 Å². The van der Waals surface area contributed by atoms with Crippen molar-refractivity contribution in [3.05, 3.63) is 100 Å². The summed E-state index contributed by atoms with van der Waals surface area (Å²) >= 11 is 0. The first-order valence-electron chi connectivity index (χ1n) is 10.6. The van der Waals surface area contributed by atoms with Gasteiger partial charge in [-0.15, -0.1) is 0 Å². The number of carbonyl (C=O) groups is 2. The highest BCUT2D eigenvalue weighted by molar-refractivity contribution is 5.97. The predicted molar refractivity (Wildman–Crippen MR) is 125 cm³/mol. The summed E-state index contributed by atoms with van der Waals surface area (Å²) in [7, 11) is 0. The Morgan fingerprint density at radius 1 is 0.941 bits per heavy atom. The van der Waals surface area contributed by atoms with E-state index in [4.69, 9.17) is 19.6 Å². The van der Waals surface area contributed by atoms with E-state index in [1.807, 2.05) is 24.3 Å². The molecule has 0 saturated heterocycles. The fraction of sp³-hybridized carbons (Fsp3) is 0.115. The quantitative estimate of drug-likeness (QED) is 0.430. The zero-order valence-corrected chi connectivity index (χ0v) is 17.9. The van der Waals surface area contributed by atoms with Crippen molar-refractivity contribution in [3.63, 3.8) is 0 Å². The Kier molecular flexibility index (Phi) is 5.47. The van der Waals surface area contributed by atoms with Gasteiger partial charge in [0.2, 0.25) is 0 Å². The Morgan fingerprint density at radius 3 is 2.38 bits per heavy atom. The van der Waals surface area contributed by atoms with Crippen LogP contribution in [0.15, 0.2) is 88.1 Å². The van der Waals surface area contributed by atoms with Crippen molar-refractivity contribution in [2.75, 3.05) is 11.9 Å². The Bertz CT molecular complexity index is 1430. The number of amides is 2. The molecule has 2 heterocycles. The average Bonchev–Trinajstić information content (AvgIpc) is 3.26. The molecule has 2 atom stereocenters. The maximum absolute atomic E-state index is 13.3.